The zero-order chi connectivity index (χ0) is 21.1. The molecule has 0 atom stereocenters. The van der Waals surface area contributed by atoms with E-state index in [-0.39, 0.29) is 17.4 Å². The van der Waals surface area contributed by atoms with Crippen molar-refractivity contribution in [1.29, 1.82) is 0 Å². The minimum Gasteiger partial charge on any atom is -0.480 e. The van der Waals surface area contributed by atoms with Crippen molar-refractivity contribution in [2.75, 3.05) is 12.4 Å². The van der Waals surface area contributed by atoms with Crippen LogP contribution in [0, 0.1) is 18.8 Å². The van der Waals surface area contributed by atoms with Gasteiger partial charge in [0.25, 0.3) is 5.91 Å². The molecular formula is C21H15ClN6O2. The Hall–Kier alpha value is -3.96. The number of carbonyl (C=O) groups excluding carboxylic acids is 1. The van der Waals surface area contributed by atoms with Crippen molar-refractivity contribution >= 4 is 28.8 Å². The summed E-state index contributed by atoms with van der Waals surface area (Å²) in [7, 11) is 1.44. The Morgan fingerprint density at radius 3 is 2.90 bits per heavy atom. The van der Waals surface area contributed by atoms with Gasteiger partial charge in [-0.1, -0.05) is 29.7 Å². The summed E-state index contributed by atoms with van der Waals surface area (Å²) in [5.74, 6) is 6.32. The molecule has 0 aliphatic heterocycles. The molecule has 0 spiro atoms. The van der Waals surface area contributed by atoms with Crippen LogP contribution in [0.5, 0.6) is 5.88 Å². The molecule has 148 valence electrons. The summed E-state index contributed by atoms with van der Waals surface area (Å²) in [6, 6.07) is 10.8. The normalized spacial score (nSPS) is 10.4. The molecule has 0 saturated heterocycles. The molecule has 4 aromatic rings. The Morgan fingerprint density at radius 2 is 2.07 bits per heavy atom. The van der Waals surface area contributed by atoms with Crippen molar-refractivity contribution in [3.05, 3.63) is 76.6 Å². The number of aryl methyl sites for hydroxylation is 1. The van der Waals surface area contributed by atoms with E-state index in [1.807, 2.05) is 13.0 Å². The SMILES string of the molecule is COc1ncncc1C(=O)Nc1ccc(C)c(C#Cc2nnc3cccc(Cl)n23)c1. The summed E-state index contributed by atoms with van der Waals surface area (Å²) < 4.78 is 6.78. The largest absolute Gasteiger partial charge is 0.480 e. The number of halogens is 1. The molecule has 0 saturated carbocycles. The van der Waals surface area contributed by atoms with Crippen LogP contribution in [0.1, 0.15) is 27.3 Å². The third kappa shape index (κ3) is 3.79. The number of fused-ring (bicyclic) bond motifs is 1. The van der Waals surface area contributed by atoms with Gasteiger partial charge in [-0.2, -0.15) is 0 Å². The Morgan fingerprint density at radius 1 is 1.20 bits per heavy atom. The van der Waals surface area contributed by atoms with Crippen molar-refractivity contribution in [2.24, 2.45) is 0 Å². The van der Waals surface area contributed by atoms with Gasteiger partial charge in [0.1, 0.15) is 17.0 Å². The zero-order valence-electron chi connectivity index (χ0n) is 16.0. The maximum Gasteiger partial charge on any atom is 0.262 e. The fourth-order valence-electron chi connectivity index (χ4n) is 2.78. The number of rotatable bonds is 3. The number of methoxy groups -OCH3 is 1. The average Bonchev–Trinajstić information content (AvgIpc) is 3.18. The molecule has 0 unspecified atom stereocenters. The van der Waals surface area contributed by atoms with Gasteiger partial charge < -0.3 is 10.1 Å². The molecule has 1 N–H and O–H groups in total. The molecule has 1 amide bonds. The van der Waals surface area contributed by atoms with Gasteiger partial charge in [-0.3, -0.25) is 9.20 Å². The predicted molar refractivity (Wildman–Crippen MR) is 112 cm³/mol. The van der Waals surface area contributed by atoms with E-state index in [9.17, 15) is 4.79 Å². The fraction of sp³-hybridized carbons (Fsp3) is 0.0952. The Labute approximate surface area is 176 Å². The highest BCUT2D eigenvalue weighted by molar-refractivity contribution is 6.29. The van der Waals surface area contributed by atoms with Gasteiger partial charge in [0.15, 0.2) is 5.65 Å². The number of ether oxygens (including phenoxy) is 1. The molecule has 3 aromatic heterocycles. The first-order valence-corrected chi connectivity index (χ1v) is 9.22. The minimum absolute atomic E-state index is 0.199. The molecule has 1 aromatic carbocycles. The molecule has 4 rings (SSSR count). The lowest BCUT2D eigenvalue weighted by molar-refractivity contribution is 0.102. The van der Waals surface area contributed by atoms with Crippen molar-refractivity contribution in [2.45, 2.75) is 6.92 Å². The molecule has 3 heterocycles. The molecule has 0 radical (unpaired) electrons. The number of aromatic nitrogens is 5. The zero-order valence-corrected chi connectivity index (χ0v) is 16.8. The molecule has 9 heteroatoms. The van der Waals surface area contributed by atoms with E-state index in [4.69, 9.17) is 16.3 Å². The second kappa shape index (κ2) is 8.19. The maximum absolute atomic E-state index is 12.6. The Kier molecular flexibility index (Phi) is 5.28. The quantitative estimate of drug-likeness (QED) is 0.405. The van der Waals surface area contributed by atoms with Crippen molar-refractivity contribution < 1.29 is 9.53 Å². The van der Waals surface area contributed by atoms with E-state index in [1.54, 1.807) is 34.7 Å². The molecule has 0 bridgehead atoms. The average molecular weight is 419 g/mol. The first-order valence-electron chi connectivity index (χ1n) is 8.84. The second-order valence-electron chi connectivity index (χ2n) is 6.25. The van der Waals surface area contributed by atoms with Gasteiger partial charge >= 0.3 is 0 Å². The highest BCUT2D eigenvalue weighted by Crippen LogP contribution is 2.19. The summed E-state index contributed by atoms with van der Waals surface area (Å²) in [4.78, 5) is 20.4. The number of anilines is 1. The summed E-state index contributed by atoms with van der Waals surface area (Å²) in [6.45, 7) is 1.93. The molecule has 8 nitrogen and oxygen atoms in total. The van der Waals surface area contributed by atoms with Gasteiger partial charge in [-0.25, -0.2) is 9.97 Å². The molecule has 30 heavy (non-hydrogen) atoms. The molecule has 0 fully saturated rings. The number of nitrogens with zero attached hydrogens (tertiary/aromatic N) is 5. The van der Waals surface area contributed by atoms with Crippen LogP contribution in [-0.2, 0) is 0 Å². The van der Waals surface area contributed by atoms with Crippen LogP contribution in [0.25, 0.3) is 5.65 Å². The highest BCUT2D eigenvalue weighted by atomic mass is 35.5. The number of nitrogens with one attached hydrogen (secondary N) is 1. The smallest absolute Gasteiger partial charge is 0.262 e. The van der Waals surface area contributed by atoms with Gasteiger partial charge in [-0.05, 0) is 42.7 Å². The summed E-state index contributed by atoms with van der Waals surface area (Å²) in [5.41, 5.74) is 3.10. The van der Waals surface area contributed by atoms with Crippen LogP contribution in [0.15, 0.2) is 48.9 Å². The van der Waals surface area contributed by atoms with Crippen LogP contribution in [0.2, 0.25) is 5.15 Å². The monoisotopic (exact) mass is 418 g/mol. The van der Waals surface area contributed by atoms with Crippen LogP contribution in [-0.4, -0.2) is 37.6 Å². The predicted octanol–water partition coefficient (Wildman–Crippen LogP) is 3.14. The first-order chi connectivity index (χ1) is 14.6. The second-order valence-corrected chi connectivity index (χ2v) is 6.63. The van der Waals surface area contributed by atoms with Gasteiger partial charge in [-0.15, -0.1) is 10.2 Å². The number of benzene rings is 1. The summed E-state index contributed by atoms with van der Waals surface area (Å²) >= 11 is 6.23. The first kappa shape index (κ1) is 19.4. The topological polar surface area (TPSA) is 94.3 Å². The number of hydrogen-bond donors (Lipinski definition) is 1. The minimum atomic E-state index is -0.384. The number of amides is 1. The third-order valence-corrected chi connectivity index (χ3v) is 4.59. The van der Waals surface area contributed by atoms with Crippen LogP contribution in [0.3, 0.4) is 0 Å². The van der Waals surface area contributed by atoms with Crippen molar-refractivity contribution in [1.82, 2.24) is 24.6 Å². The highest BCUT2D eigenvalue weighted by Gasteiger charge is 2.14. The van der Waals surface area contributed by atoms with Crippen LogP contribution < -0.4 is 10.1 Å². The van der Waals surface area contributed by atoms with E-state index >= 15 is 0 Å². The van der Waals surface area contributed by atoms with Crippen molar-refractivity contribution in [3.63, 3.8) is 0 Å². The van der Waals surface area contributed by atoms with Gasteiger partial charge in [0.2, 0.25) is 11.7 Å². The van der Waals surface area contributed by atoms with Crippen LogP contribution >= 0.6 is 11.6 Å². The van der Waals surface area contributed by atoms with Gasteiger partial charge in [0, 0.05) is 17.4 Å². The van der Waals surface area contributed by atoms with E-state index in [2.05, 4.69) is 37.3 Å². The standard InChI is InChI=1S/C21H15ClN6O2/c1-13-6-8-15(25-20(29)16-11-23-12-24-21(16)30-2)10-14(13)7-9-19-27-26-18-5-3-4-17(22)28(18)19/h3-6,8,10-12H,1-2H3,(H,25,29). The molecule has 0 aliphatic carbocycles. The van der Waals surface area contributed by atoms with E-state index < -0.39 is 0 Å². The number of hydrogen-bond acceptors (Lipinski definition) is 6. The lowest BCUT2D eigenvalue weighted by Gasteiger charge is -2.09. The summed E-state index contributed by atoms with van der Waals surface area (Å²) in [5, 5.41) is 11.4. The van der Waals surface area contributed by atoms with E-state index in [0.29, 0.717) is 22.3 Å². The lowest BCUT2D eigenvalue weighted by Crippen LogP contribution is -2.14. The number of carbonyl (C=O) groups is 1. The lowest BCUT2D eigenvalue weighted by atomic mass is 10.1. The summed E-state index contributed by atoms with van der Waals surface area (Å²) in [6.07, 6.45) is 2.71. The number of pyridine rings is 1. The third-order valence-electron chi connectivity index (χ3n) is 4.30. The van der Waals surface area contributed by atoms with Crippen molar-refractivity contribution in [3.8, 4) is 17.7 Å². The van der Waals surface area contributed by atoms with Gasteiger partial charge in [0.05, 0.1) is 7.11 Å². The molecular weight excluding hydrogens is 404 g/mol. The Balaban J connectivity index is 1.63. The van der Waals surface area contributed by atoms with Crippen LogP contribution in [0.4, 0.5) is 5.69 Å². The Bertz CT molecular complexity index is 1320. The van der Waals surface area contributed by atoms with E-state index in [0.717, 1.165) is 11.1 Å². The van der Waals surface area contributed by atoms with E-state index in [1.165, 1.54) is 19.6 Å². The fourth-order valence-corrected chi connectivity index (χ4v) is 3.02. The maximum atomic E-state index is 12.6. The molecule has 0 aliphatic rings.